The fourth-order valence-corrected chi connectivity index (χ4v) is 3.35. The van der Waals surface area contributed by atoms with Gasteiger partial charge in [-0.3, -0.25) is 9.59 Å². The number of carbonyl (C=O) groups excluding carboxylic acids is 2. The Morgan fingerprint density at radius 3 is 2.64 bits per heavy atom. The van der Waals surface area contributed by atoms with Crippen molar-refractivity contribution in [1.82, 2.24) is 4.90 Å². The maximum absolute atomic E-state index is 12.5. The summed E-state index contributed by atoms with van der Waals surface area (Å²) in [6, 6.07) is 7.86. The zero-order chi connectivity index (χ0) is 18.2. The largest absolute Gasteiger partial charge is 0.488 e. The van der Waals surface area contributed by atoms with Crippen LogP contribution in [0, 0.1) is 5.41 Å². The van der Waals surface area contributed by atoms with Gasteiger partial charge in [0.1, 0.15) is 23.4 Å². The number of β-amino-alcohol motifs (C(OH)–C–C–N with tert-alkyl or cyclic N) is 1. The number of nitrogens with zero attached hydrogens (tertiary/aromatic N) is 1. The highest BCUT2D eigenvalue weighted by molar-refractivity contribution is 6.07. The van der Waals surface area contributed by atoms with Gasteiger partial charge in [-0.1, -0.05) is 26.0 Å². The lowest BCUT2D eigenvalue weighted by molar-refractivity contribution is -0.147. The van der Waals surface area contributed by atoms with Crippen LogP contribution in [0.2, 0.25) is 0 Å². The molecule has 1 aliphatic heterocycles. The van der Waals surface area contributed by atoms with Crippen LogP contribution in [0.4, 0.5) is 0 Å². The van der Waals surface area contributed by atoms with Gasteiger partial charge in [0.25, 0.3) is 0 Å². The summed E-state index contributed by atoms with van der Waals surface area (Å²) in [5.41, 5.74) is 5.52. The van der Waals surface area contributed by atoms with E-state index in [1.807, 2.05) is 24.3 Å². The Labute approximate surface area is 147 Å². The molecule has 6 nitrogen and oxygen atoms in total. The van der Waals surface area contributed by atoms with Gasteiger partial charge in [-0.15, -0.1) is 0 Å². The third-order valence-electron chi connectivity index (χ3n) is 5.25. The molecule has 2 aliphatic rings. The number of hydrogen-bond acceptors (Lipinski definition) is 4. The second-order valence-electron chi connectivity index (χ2n) is 7.44. The summed E-state index contributed by atoms with van der Waals surface area (Å²) in [4.78, 5) is 25.6. The molecule has 1 saturated heterocycles. The van der Waals surface area contributed by atoms with Crippen LogP contribution in [0.3, 0.4) is 0 Å². The fraction of sp³-hybridized carbons (Fsp3) is 0.579. The minimum absolute atomic E-state index is 0.169. The summed E-state index contributed by atoms with van der Waals surface area (Å²) in [6.07, 6.45) is 0.387. The van der Waals surface area contributed by atoms with Crippen molar-refractivity contribution in [3.05, 3.63) is 29.8 Å². The van der Waals surface area contributed by atoms with Crippen molar-refractivity contribution in [2.75, 3.05) is 13.1 Å². The van der Waals surface area contributed by atoms with Crippen molar-refractivity contribution in [3.63, 3.8) is 0 Å². The Morgan fingerprint density at radius 2 is 2.08 bits per heavy atom. The lowest BCUT2D eigenvalue weighted by Gasteiger charge is -2.37. The predicted molar refractivity (Wildman–Crippen MR) is 93.0 cm³/mol. The Morgan fingerprint density at radius 1 is 1.36 bits per heavy atom. The van der Waals surface area contributed by atoms with E-state index in [0.29, 0.717) is 31.7 Å². The smallest absolute Gasteiger partial charge is 0.238 e. The van der Waals surface area contributed by atoms with Gasteiger partial charge < -0.3 is 20.5 Å². The molecule has 1 aliphatic carbocycles. The normalized spacial score (nSPS) is 24.9. The van der Waals surface area contributed by atoms with Gasteiger partial charge >= 0.3 is 0 Å². The minimum Gasteiger partial charge on any atom is -0.488 e. The number of likely N-dealkylation sites (tertiary alicyclic amines) is 1. The van der Waals surface area contributed by atoms with Crippen molar-refractivity contribution in [3.8, 4) is 5.75 Å². The molecule has 2 fully saturated rings. The fourth-order valence-electron chi connectivity index (χ4n) is 3.35. The lowest BCUT2D eigenvalue weighted by atomic mass is 9.99. The SMILES string of the molecule is CC(C)c1cccc(O[C@@H]2CCN(C(=O)C3(C(N)=O)CC3)C[C@H]2O)c1. The van der Waals surface area contributed by atoms with Gasteiger partial charge in [-0.05, 0) is 36.5 Å². The number of amides is 2. The molecule has 1 aromatic carbocycles. The lowest BCUT2D eigenvalue weighted by Crippen LogP contribution is -2.54. The van der Waals surface area contributed by atoms with Crippen molar-refractivity contribution >= 4 is 11.8 Å². The second kappa shape index (κ2) is 6.67. The molecule has 3 N–H and O–H groups in total. The van der Waals surface area contributed by atoms with Crippen LogP contribution in [0.15, 0.2) is 24.3 Å². The van der Waals surface area contributed by atoms with E-state index in [4.69, 9.17) is 10.5 Å². The summed E-state index contributed by atoms with van der Waals surface area (Å²) < 4.78 is 5.96. The minimum atomic E-state index is -1.03. The van der Waals surface area contributed by atoms with E-state index in [9.17, 15) is 14.7 Å². The highest BCUT2D eigenvalue weighted by Crippen LogP contribution is 2.47. The average Bonchev–Trinajstić information content (AvgIpc) is 3.38. The van der Waals surface area contributed by atoms with Crippen LogP contribution in [-0.4, -0.2) is 47.1 Å². The van der Waals surface area contributed by atoms with Crippen molar-refractivity contribution in [2.24, 2.45) is 11.1 Å². The van der Waals surface area contributed by atoms with Crippen LogP contribution >= 0.6 is 0 Å². The highest BCUT2D eigenvalue weighted by Gasteiger charge is 2.57. The van der Waals surface area contributed by atoms with Crippen LogP contribution < -0.4 is 10.5 Å². The molecule has 1 saturated carbocycles. The molecular formula is C19H26N2O4. The van der Waals surface area contributed by atoms with Gasteiger partial charge in [0.15, 0.2) is 0 Å². The summed E-state index contributed by atoms with van der Waals surface area (Å²) in [5, 5.41) is 10.4. The van der Waals surface area contributed by atoms with Gasteiger partial charge in [0.05, 0.1) is 6.54 Å². The number of hydrogen-bond donors (Lipinski definition) is 2. The number of ether oxygens (including phenoxy) is 1. The van der Waals surface area contributed by atoms with Crippen LogP contribution in [0.1, 0.15) is 44.6 Å². The molecule has 0 unspecified atom stereocenters. The topological polar surface area (TPSA) is 92.9 Å². The first-order valence-electron chi connectivity index (χ1n) is 8.87. The zero-order valence-corrected chi connectivity index (χ0v) is 14.8. The standard InChI is InChI=1S/C19H26N2O4/c1-12(2)13-4-3-5-14(10-13)25-16-6-9-21(11-15(16)22)18(24)19(7-8-19)17(20)23/h3-5,10,12,15-16,22H,6-9,11H2,1-2H3,(H2,20,23)/t15-,16-/m1/s1. The Balaban J connectivity index is 1.62. The molecule has 2 amide bonds. The molecular weight excluding hydrogens is 320 g/mol. The first-order valence-corrected chi connectivity index (χ1v) is 8.87. The van der Waals surface area contributed by atoms with E-state index in [0.717, 1.165) is 5.75 Å². The Bertz CT molecular complexity index is 669. The maximum atomic E-state index is 12.5. The summed E-state index contributed by atoms with van der Waals surface area (Å²) in [7, 11) is 0. The Kier molecular flexibility index (Phi) is 4.73. The summed E-state index contributed by atoms with van der Waals surface area (Å²) in [6.45, 7) is 4.86. The number of carbonyl (C=O) groups is 2. The van der Waals surface area contributed by atoms with E-state index in [2.05, 4.69) is 13.8 Å². The number of primary amides is 1. The number of rotatable bonds is 5. The molecule has 6 heteroatoms. The van der Waals surface area contributed by atoms with Gasteiger partial charge in [-0.2, -0.15) is 0 Å². The molecule has 0 radical (unpaired) electrons. The van der Waals surface area contributed by atoms with E-state index in [-0.39, 0.29) is 18.6 Å². The first-order chi connectivity index (χ1) is 11.8. The Hall–Kier alpha value is -2.08. The van der Waals surface area contributed by atoms with Crippen LogP contribution in [0.5, 0.6) is 5.75 Å². The molecule has 2 atom stereocenters. The summed E-state index contributed by atoms with van der Waals surface area (Å²) >= 11 is 0. The third-order valence-corrected chi connectivity index (χ3v) is 5.25. The predicted octanol–water partition coefficient (Wildman–Crippen LogP) is 1.42. The highest BCUT2D eigenvalue weighted by atomic mass is 16.5. The van der Waals surface area contributed by atoms with Gasteiger partial charge in [0, 0.05) is 13.0 Å². The molecule has 1 aromatic rings. The van der Waals surface area contributed by atoms with Gasteiger partial charge in [-0.25, -0.2) is 0 Å². The van der Waals surface area contributed by atoms with Gasteiger partial charge in [0.2, 0.25) is 11.8 Å². The maximum Gasteiger partial charge on any atom is 0.238 e. The van der Waals surface area contributed by atoms with E-state index in [1.54, 1.807) is 4.90 Å². The van der Waals surface area contributed by atoms with E-state index < -0.39 is 17.4 Å². The van der Waals surface area contributed by atoms with E-state index >= 15 is 0 Å². The average molecular weight is 346 g/mol. The number of aliphatic hydroxyl groups is 1. The number of nitrogens with two attached hydrogens (primary N) is 1. The van der Waals surface area contributed by atoms with Crippen LogP contribution in [-0.2, 0) is 9.59 Å². The number of piperidine rings is 1. The van der Waals surface area contributed by atoms with Crippen molar-refractivity contribution in [1.29, 1.82) is 0 Å². The van der Waals surface area contributed by atoms with Crippen LogP contribution in [0.25, 0.3) is 0 Å². The van der Waals surface area contributed by atoms with E-state index in [1.165, 1.54) is 5.56 Å². The third kappa shape index (κ3) is 3.49. The molecule has 0 aromatic heterocycles. The molecule has 3 rings (SSSR count). The molecule has 136 valence electrons. The molecule has 0 bridgehead atoms. The summed E-state index contributed by atoms with van der Waals surface area (Å²) in [5.74, 6) is 0.317. The quantitative estimate of drug-likeness (QED) is 0.789. The van der Waals surface area contributed by atoms with Crippen molar-refractivity contribution < 1.29 is 19.4 Å². The molecule has 0 spiro atoms. The second-order valence-corrected chi connectivity index (χ2v) is 7.44. The molecule has 25 heavy (non-hydrogen) atoms. The van der Waals surface area contributed by atoms with Crippen molar-refractivity contribution in [2.45, 2.75) is 51.2 Å². The zero-order valence-electron chi connectivity index (χ0n) is 14.8. The first kappa shape index (κ1) is 17.7. The number of aliphatic hydroxyl groups excluding tert-OH is 1. The number of benzene rings is 1. The monoisotopic (exact) mass is 346 g/mol. The molecule has 1 heterocycles.